The molecule has 0 bridgehead atoms. The van der Waals surface area contributed by atoms with Gasteiger partial charge in [-0.2, -0.15) is 0 Å². The van der Waals surface area contributed by atoms with Crippen molar-refractivity contribution >= 4 is 5.78 Å². The first-order chi connectivity index (χ1) is 10.7. The van der Waals surface area contributed by atoms with E-state index in [0.717, 1.165) is 6.42 Å². The molecule has 22 heavy (non-hydrogen) atoms. The lowest BCUT2D eigenvalue weighted by Gasteiger charge is -2.09. The molecule has 0 unspecified atom stereocenters. The summed E-state index contributed by atoms with van der Waals surface area (Å²) in [6.07, 6.45) is 3.40. The monoisotopic (exact) mass is 298 g/mol. The van der Waals surface area contributed by atoms with Gasteiger partial charge in [0.05, 0.1) is 14.2 Å². The third-order valence-corrected chi connectivity index (χ3v) is 3.68. The summed E-state index contributed by atoms with van der Waals surface area (Å²) in [6, 6.07) is 13.1. The molecule has 0 heterocycles. The minimum Gasteiger partial charge on any atom is -0.493 e. The Bertz CT molecular complexity index is 630. The summed E-state index contributed by atoms with van der Waals surface area (Å²) in [7, 11) is 3.14. The van der Waals surface area contributed by atoms with Crippen molar-refractivity contribution in [1.82, 2.24) is 0 Å². The third-order valence-electron chi connectivity index (χ3n) is 3.68. The lowest BCUT2D eigenvalue weighted by atomic mass is 10.00. The summed E-state index contributed by atoms with van der Waals surface area (Å²) in [5.74, 6) is 1.17. The van der Waals surface area contributed by atoms with E-state index < -0.39 is 0 Å². The fourth-order valence-corrected chi connectivity index (χ4v) is 2.35. The van der Waals surface area contributed by atoms with Crippen LogP contribution in [0.1, 0.15) is 41.3 Å². The summed E-state index contributed by atoms with van der Waals surface area (Å²) >= 11 is 0. The van der Waals surface area contributed by atoms with Gasteiger partial charge >= 0.3 is 0 Å². The van der Waals surface area contributed by atoms with Gasteiger partial charge in [0.25, 0.3) is 0 Å². The average molecular weight is 298 g/mol. The molecule has 0 spiro atoms. The molecule has 0 radical (unpaired) electrons. The fourth-order valence-electron chi connectivity index (χ4n) is 2.35. The topological polar surface area (TPSA) is 35.5 Å². The summed E-state index contributed by atoms with van der Waals surface area (Å²) in [5, 5.41) is 0. The quantitative estimate of drug-likeness (QED) is 0.716. The lowest BCUT2D eigenvalue weighted by Crippen LogP contribution is -2.02. The van der Waals surface area contributed by atoms with E-state index in [1.54, 1.807) is 32.4 Å². The zero-order valence-electron chi connectivity index (χ0n) is 13.4. The van der Waals surface area contributed by atoms with Gasteiger partial charge in [0, 0.05) is 11.1 Å². The highest BCUT2D eigenvalue weighted by atomic mass is 16.5. The predicted molar refractivity (Wildman–Crippen MR) is 88.0 cm³/mol. The Labute approximate surface area is 131 Å². The first-order valence-electron chi connectivity index (χ1n) is 7.55. The third kappa shape index (κ3) is 3.67. The smallest absolute Gasteiger partial charge is 0.193 e. The van der Waals surface area contributed by atoms with Gasteiger partial charge in [-0.25, -0.2) is 0 Å². The Morgan fingerprint density at radius 2 is 1.55 bits per heavy atom. The first kappa shape index (κ1) is 16.1. The zero-order chi connectivity index (χ0) is 15.9. The first-order valence-corrected chi connectivity index (χ1v) is 7.55. The Hall–Kier alpha value is -2.29. The number of aryl methyl sites for hydroxylation is 1. The van der Waals surface area contributed by atoms with Crippen LogP contribution in [0.5, 0.6) is 11.5 Å². The SMILES string of the molecule is CCCCc1ccc(C(=O)c2ccc(OC)c(OC)c2)cc1. The standard InChI is InChI=1S/C19H22O3/c1-4-5-6-14-7-9-15(10-8-14)19(20)16-11-12-17(21-2)18(13-16)22-3/h7-13H,4-6H2,1-3H3. The molecule has 0 saturated heterocycles. The van der Waals surface area contributed by atoms with Crippen LogP contribution in [0.3, 0.4) is 0 Å². The lowest BCUT2D eigenvalue weighted by molar-refractivity contribution is 0.103. The number of hydrogen-bond acceptors (Lipinski definition) is 3. The molecule has 0 saturated carbocycles. The second-order valence-electron chi connectivity index (χ2n) is 5.20. The van der Waals surface area contributed by atoms with Gasteiger partial charge in [-0.15, -0.1) is 0 Å². The number of methoxy groups -OCH3 is 2. The van der Waals surface area contributed by atoms with Crippen molar-refractivity contribution in [3.05, 3.63) is 59.2 Å². The Kier molecular flexibility index (Phi) is 5.59. The molecule has 3 nitrogen and oxygen atoms in total. The molecule has 2 aromatic rings. The second kappa shape index (κ2) is 7.64. The van der Waals surface area contributed by atoms with Crippen LogP contribution >= 0.6 is 0 Å². The summed E-state index contributed by atoms with van der Waals surface area (Å²) in [6.45, 7) is 2.18. The van der Waals surface area contributed by atoms with Gasteiger partial charge in [-0.3, -0.25) is 4.79 Å². The van der Waals surface area contributed by atoms with E-state index in [4.69, 9.17) is 9.47 Å². The van der Waals surface area contributed by atoms with Crippen LogP contribution in [-0.2, 0) is 6.42 Å². The molecule has 0 amide bonds. The molecular weight excluding hydrogens is 276 g/mol. The Morgan fingerprint density at radius 3 is 2.14 bits per heavy atom. The normalized spacial score (nSPS) is 10.3. The molecule has 0 aliphatic rings. The van der Waals surface area contributed by atoms with Crippen molar-refractivity contribution in [3.63, 3.8) is 0 Å². The molecule has 0 atom stereocenters. The number of carbonyl (C=O) groups excluding carboxylic acids is 1. The minimum absolute atomic E-state index is 0.0111. The maximum absolute atomic E-state index is 12.5. The van der Waals surface area contributed by atoms with Crippen molar-refractivity contribution in [2.45, 2.75) is 26.2 Å². The van der Waals surface area contributed by atoms with Crippen molar-refractivity contribution in [3.8, 4) is 11.5 Å². The average Bonchev–Trinajstić information content (AvgIpc) is 2.59. The largest absolute Gasteiger partial charge is 0.493 e. The molecule has 0 aliphatic heterocycles. The van der Waals surface area contributed by atoms with Crippen LogP contribution in [0.2, 0.25) is 0 Å². The number of ketones is 1. The second-order valence-corrected chi connectivity index (χ2v) is 5.20. The predicted octanol–water partition coefficient (Wildman–Crippen LogP) is 4.28. The van der Waals surface area contributed by atoms with Crippen molar-refractivity contribution < 1.29 is 14.3 Å². The highest BCUT2D eigenvalue weighted by Crippen LogP contribution is 2.28. The van der Waals surface area contributed by atoms with Crippen LogP contribution in [0.25, 0.3) is 0 Å². The van der Waals surface area contributed by atoms with Crippen LogP contribution in [-0.4, -0.2) is 20.0 Å². The van der Waals surface area contributed by atoms with E-state index in [0.29, 0.717) is 22.6 Å². The van der Waals surface area contributed by atoms with Crippen molar-refractivity contribution in [2.24, 2.45) is 0 Å². The van der Waals surface area contributed by atoms with E-state index in [9.17, 15) is 4.79 Å². The van der Waals surface area contributed by atoms with Gasteiger partial charge < -0.3 is 9.47 Å². The molecule has 2 rings (SSSR count). The van der Waals surface area contributed by atoms with E-state index in [-0.39, 0.29) is 5.78 Å². The van der Waals surface area contributed by atoms with Gasteiger partial charge in [0.2, 0.25) is 0 Å². The van der Waals surface area contributed by atoms with Crippen LogP contribution in [0.4, 0.5) is 0 Å². The van der Waals surface area contributed by atoms with Crippen LogP contribution in [0.15, 0.2) is 42.5 Å². The zero-order valence-corrected chi connectivity index (χ0v) is 13.4. The highest BCUT2D eigenvalue weighted by Gasteiger charge is 2.12. The minimum atomic E-state index is -0.0111. The van der Waals surface area contributed by atoms with E-state index >= 15 is 0 Å². The molecule has 116 valence electrons. The number of rotatable bonds is 7. The Morgan fingerprint density at radius 1 is 0.909 bits per heavy atom. The number of hydrogen-bond donors (Lipinski definition) is 0. The summed E-state index contributed by atoms with van der Waals surface area (Å²) in [4.78, 5) is 12.5. The van der Waals surface area contributed by atoms with Crippen LogP contribution < -0.4 is 9.47 Å². The van der Waals surface area contributed by atoms with Gasteiger partial charge in [0.1, 0.15) is 0 Å². The number of unbranched alkanes of at least 4 members (excludes halogenated alkanes) is 1. The van der Waals surface area contributed by atoms with Gasteiger partial charge in [0.15, 0.2) is 17.3 Å². The van der Waals surface area contributed by atoms with Gasteiger partial charge in [-0.1, -0.05) is 37.6 Å². The number of benzene rings is 2. The van der Waals surface area contributed by atoms with Crippen molar-refractivity contribution in [2.75, 3.05) is 14.2 Å². The molecule has 0 aromatic heterocycles. The molecule has 2 aromatic carbocycles. The molecule has 0 fully saturated rings. The fraction of sp³-hybridized carbons (Fsp3) is 0.316. The number of carbonyl (C=O) groups is 1. The number of ether oxygens (including phenoxy) is 2. The van der Waals surface area contributed by atoms with Crippen LogP contribution in [0, 0.1) is 0 Å². The van der Waals surface area contributed by atoms with E-state index in [2.05, 4.69) is 6.92 Å². The highest BCUT2D eigenvalue weighted by molar-refractivity contribution is 6.09. The Balaban J connectivity index is 2.20. The molecule has 3 heteroatoms. The molecule has 0 aliphatic carbocycles. The maximum Gasteiger partial charge on any atom is 0.193 e. The summed E-state index contributed by atoms with van der Waals surface area (Å²) in [5.41, 5.74) is 2.55. The van der Waals surface area contributed by atoms with Gasteiger partial charge in [-0.05, 0) is 36.6 Å². The molecule has 0 N–H and O–H groups in total. The summed E-state index contributed by atoms with van der Waals surface area (Å²) < 4.78 is 10.4. The van der Waals surface area contributed by atoms with Crippen molar-refractivity contribution in [1.29, 1.82) is 0 Å². The molecular formula is C19H22O3. The van der Waals surface area contributed by atoms with E-state index in [1.807, 2.05) is 24.3 Å². The van der Waals surface area contributed by atoms with E-state index in [1.165, 1.54) is 18.4 Å². The maximum atomic E-state index is 12.5.